The van der Waals surface area contributed by atoms with Crippen molar-refractivity contribution in [1.29, 1.82) is 0 Å². The molecule has 0 saturated carbocycles. The lowest BCUT2D eigenvalue weighted by Gasteiger charge is -2.14. The molecule has 3 aromatic rings. The fourth-order valence-electron chi connectivity index (χ4n) is 2.19. The third-order valence-electron chi connectivity index (χ3n) is 3.33. The van der Waals surface area contributed by atoms with Gasteiger partial charge in [0.05, 0.1) is 10.7 Å². The Morgan fingerprint density at radius 3 is 2.90 bits per heavy atom. The Labute approximate surface area is 126 Å². The highest BCUT2D eigenvalue weighted by molar-refractivity contribution is 9.10. The Bertz CT molecular complexity index is 708. The first-order valence-corrected chi connectivity index (χ1v) is 7.31. The molecule has 0 amide bonds. The maximum Gasteiger partial charge on any atom is 0.153 e. The first kappa shape index (κ1) is 13.1. The van der Waals surface area contributed by atoms with E-state index in [1.165, 1.54) is 5.56 Å². The van der Waals surface area contributed by atoms with E-state index in [-0.39, 0.29) is 0 Å². The number of anilines is 1. The van der Waals surface area contributed by atoms with Crippen LogP contribution in [-0.2, 0) is 0 Å². The van der Waals surface area contributed by atoms with Crippen molar-refractivity contribution < 1.29 is 0 Å². The number of fused-ring (bicyclic) bond motifs is 1. The van der Waals surface area contributed by atoms with Gasteiger partial charge in [0.1, 0.15) is 5.52 Å². The van der Waals surface area contributed by atoms with Crippen molar-refractivity contribution in [1.82, 2.24) is 14.6 Å². The molecule has 0 saturated heterocycles. The molecule has 0 aliphatic carbocycles. The molecule has 1 aromatic carbocycles. The third kappa shape index (κ3) is 2.54. The first-order valence-electron chi connectivity index (χ1n) is 6.52. The highest BCUT2D eigenvalue weighted by Gasteiger charge is 2.10. The highest BCUT2D eigenvalue weighted by atomic mass is 79.9. The monoisotopic (exact) mass is 330 g/mol. The predicted octanol–water partition coefficient (Wildman–Crippen LogP) is 3.71. The summed E-state index contributed by atoms with van der Waals surface area (Å²) in [6.07, 6.45) is 5.37. The molecule has 0 radical (unpaired) electrons. The number of benzene rings is 1. The number of nitrogens with one attached hydrogen (secondary N) is 1. The van der Waals surface area contributed by atoms with Crippen LogP contribution in [0, 0.1) is 0 Å². The Balaban J connectivity index is 1.79. The van der Waals surface area contributed by atoms with E-state index in [4.69, 9.17) is 0 Å². The summed E-state index contributed by atoms with van der Waals surface area (Å²) in [6.45, 7) is 3.03. The lowest BCUT2D eigenvalue weighted by atomic mass is 10.0. The summed E-state index contributed by atoms with van der Waals surface area (Å²) >= 11 is 3.51. The van der Waals surface area contributed by atoms with Crippen LogP contribution in [0.15, 0.2) is 53.4 Å². The maximum atomic E-state index is 4.40. The lowest BCUT2D eigenvalue weighted by Crippen LogP contribution is -2.11. The van der Waals surface area contributed by atoms with E-state index in [0.717, 1.165) is 22.4 Å². The van der Waals surface area contributed by atoms with Crippen molar-refractivity contribution in [3.05, 3.63) is 59.0 Å². The molecule has 0 bridgehead atoms. The Morgan fingerprint density at radius 2 is 2.10 bits per heavy atom. The van der Waals surface area contributed by atoms with Crippen LogP contribution in [-0.4, -0.2) is 21.1 Å². The molecule has 0 aliphatic rings. The van der Waals surface area contributed by atoms with E-state index in [1.807, 2.05) is 16.8 Å². The number of rotatable bonds is 4. The summed E-state index contributed by atoms with van der Waals surface area (Å²) in [6, 6.07) is 10.5. The molecule has 102 valence electrons. The van der Waals surface area contributed by atoms with Crippen LogP contribution >= 0.6 is 15.9 Å². The topological polar surface area (TPSA) is 42.2 Å². The Kier molecular flexibility index (Phi) is 3.69. The van der Waals surface area contributed by atoms with Crippen molar-refractivity contribution in [2.75, 3.05) is 11.9 Å². The molecule has 0 fully saturated rings. The van der Waals surface area contributed by atoms with Crippen LogP contribution in [0.2, 0.25) is 0 Å². The summed E-state index contributed by atoms with van der Waals surface area (Å²) in [5.41, 5.74) is 2.28. The number of aromatic nitrogens is 3. The third-order valence-corrected chi connectivity index (χ3v) is 3.91. The molecule has 0 aliphatic heterocycles. The van der Waals surface area contributed by atoms with Gasteiger partial charge in [-0.1, -0.05) is 37.3 Å². The van der Waals surface area contributed by atoms with Gasteiger partial charge in [0.15, 0.2) is 5.82 Å². The zero-order chi connectivity index (χ0) is 13.9. The van der Waals surface area contributed by atoms with E-state index in [2.05, 4.69) is 62.5 Å². The summed E-state index contributed by atoms with van der Waals surface area (Å²) < 4.78 is 2.76. The fourth-order valence-corrected chi connectivity index (χ4v) is 2.65. The van der Waals surface area contributed by atoms with Gasteiger partial charge >= 0.3 is 0 Å². The second-order valence-corrected chi connectivity index (χ2v) is 5.61. The van der Waals surface area contributed by atoms with Crippen molar-refractivity contribution in [2.24, 2.45) is 0 Å². The second kappa shape index (κ2) is 5.63. The minimum atomic E-state index is 0.417. The molecular formula is C15H15BrN4. The van der Waals surface area contributed by atoms with E-state index in [1.54, 1.807) is 12.4 Å². The summed E-state index contributed by atoms with van der Waals surface area (Å²) in [5, 5.41) is 7.66. The second-order valence-electron chi connectivity index (χ2n) is 4.75. The van der Waals surface area contributed by atoms with Gasteiger partial charge in [-0.3, -0.25) is 0 Å². The van der Waals surface area contributed by atoms with E-state index in [9.17, 15) is 0 Å². The van der Waals surface area contributed by atoms with Crippen LogP contribution in [0.25, 0.3) is 5.52 Å². The van der Waals surface area contributed by atoms with Gasteiger partial charge in [-0.15, -0.1) is 0 Å². The zero-order valence-electron chi connectivity index (χ0n) is 11.1. The van der Waals surface area contributed by atoms with Gasteiger partial charge in [-0.2, -0.15) is 5.10 Å². The average molecular weight is 331 g/mol. The van der Waals surface area contributed by atoms with Gasteiger partial charge in [0.2, 0.25) is 0 Å². The molecule has 20 heavy (non-hydrogen) atoms. The Hall–Kier alpha value is -1.88. The van der Waals surface area contributed by atoms with Crippen LogP contribution in [0.4, 0.5) is 5.82 Å². The molecule has 1 unspecified atom stereocenters. The number of nitrogens with zero attached hydrogens (tertiary/aromatic N) is 3. The number of hydrogen-bond donors (Lipinski definition) is 1. The van der Waals surface area contributed by atoms with Crippen LogP contribution in [0.3, 0.4) is 0 Å². The average Bonchev–Trinajstić information content (AvgIpc) is 2.88. The largest absolute Gasteiger partial charge is 0.368 e. The van der Waals surface area contributed by atoms with E-state index in [0.29, 0.717) is 5.92 Å². The summed E-state index contributed by atoms with van der Waals surface area (Å²) in [4.78, 5) is 4.40. The summed E-state index contributed by atoms with van der Waals surface area (Å²) in [5.74, 6) is 1.26. The normalized spacial score (nSPS) is 12.5. The van der Waals surface area contributed by atoms with E-state index < -0.39 is 0 Å². The molecule has 1 N–H and O–H groups in total. The van der Waals surface area contributed by atoms with Gasteiger partial charge in [0, 0.05) is 18.9 Å². The molecule has 2 heterocycles. The van der Waals surface area contributed by atoms with Gasteiger partial charge in [0.25, 0.3) is 0 Å². The van der Waals surface area contributed by atoms with Gasteiger partial charge in [-0.25, -0.2) is 9.50 Å². The minimum Gasteiger partial charge on any atom is -0.368 e. The van der Waals surface area contributed by atoms with Crippen molar-refractivity contribution in [3.8, 4) is 0 Å². The smallest absolute Gasteiger partial charge is 0.153 e. The number of hydrogen-bond acceptors (Lipinski definition) is 3. The first-order chi connectivity index (χ1) is 9.75. The minimum absolute atomic E-state index is 0.417. The van der Waals surface area contributed by atoms with Crippen LogP contribution in [0.1, 0.15) is 18.4 Å². The summed E-state index contributed by atoms with van der Waals surface area (Å²) in [7, 11) is 0. The SMILES string of the molecule is CC(CNc1nccn2ncc(Br)c12)c1ccccc1. The van der Waals surface area contributed by atoms with Crippen LogP contribution < -0.4 is 5.32 Å². The van der Waals surface area contributed by atoms with Crippen molar-refractivity contribution in [2.45, 2.75) is 12.8 Å². The Morgan fingerprint density at radius 1 is 1.30 bits per heavy atom. The quantitative estimate of drug-likeness (QED) is 0.792. The van der Waals surface area contributed by atoms with Crippen molar-refractivity contribution >= 4 is 27.3 Å². The lowest BCUT2D eigenvalue weighted by molar-refractivity contribution is 0.800. The van der Waals surface area contributed by atoms with E-state index >= 15 is 0 Å². The zero-order valence-corrected chi connectivity index (χ0v) is 12.7. The van der Waals surface area contributed by atoms with Crippen molar-refractivity contribution in [3.63, 3.8) is 0 Å². The fraction of sp³-hybridized carbons (Fsp3) is 0.200. The molecular weight excluding hydrogens is 316 g/mol. The molecule has 5 heteroatoms. The molecule has 3 rings (SSSR count). The standard InChI is InChI=1S/C15H15BrN4/c1-11(12-5-3-2-4-6-12)9-18-15-14-13(16)10-19-20(14)8-7-17-15/h2-8,10-11H,9H2,1H3,(H,17,18). The highest BCUT2D eigenvalue weighted by Crippen LogP contribution is 2.24. The molecule has 0 spiro atoms. The number of halogens is 1. The predicted molar refractivity (Wildman–Crippen MR) is 84.0 cm³/mol. The maximum absolute atomic E-state index is 4.40. The van der Waals surface area contributed by atoms with Crippen LogP contribution in [0.5, 0.6) is 0 Å². The van der Waals surface area contributed by atoms with Gasteiger partial charge in [-0.05, 0) is 27.4 Å². The molecule has 1 atom stereocenters. The molecule has 2 aromatic heterocycles. The molecule has 4 nitrogen and oxygen atoms in total. The van der Waals surface area contributed by atoms with Gasteiger partial charge < -0.3 is 5.32 Å².